The lowest BCUT2D eigenvalue weighted by Crippen LogP contribution is -2.21. The number of hydrogen-bond donors (Lipinski definition) is 1. The summed E-state index contributed by atoms with van der Waals surface area (Å²) in [4.78, 5) is 5.75. The zero-order valence-electron chi connectivity index (χ0n) is 10.7. The van der Waals surface area contributed by atoms with Crippen LogP contribution in [-0.2, 0) is 13.1 Å². The summed E-state index contributed by atoms with van der Waals surface area (Å²) in [6, 6.07) is 2.16. The molecule has 0 radical (unpaired) electrons. The van der Waals surface area contributed by atoms with E-state index in [4.69, 9.17) is 0 Å². The maximum atomic E-state index is 4.41. The highest BCUT2D eigenvalue weighted by molar-refractivity contribution is 9.10. The highest BCUT2D eigenvalue weighted by Gasteiger charge is 2.05. The Morgan fingerprint density at radius 2 is 2.33 bits per heavy atom. The molecule has 0 atom stereocenters. The molecule has 3 nitrogen and oxygen atoms in total. The van der Waals surface area contributed by atoms with Gasteiger partial charge in [-0.25, -0.2) is 4.98 Å². The van der Waals surface area contributed by atoms with Gasteiger partial charge in [-0.15, -0.1) is 11.3 Å². The average molecular weight is 328 g/mol. The Bertz CT molecular complexity index is 490. The van der Waals surface area contributed by atoms with E-state index in [0.717, 1.165) is 29.9 Å². The van der Waals surface area contributed by atoms with Crippen LogP contribution in [0.1, 0.15) is 24.5 Å². The highest BCUT2D eigenvalue weighted by Crippen LogP contribution is 2.20. The van der Waals surface area contributed by atoms with E-state index in [2.05, 4.69) is 56.1 Å². The normalized spacial score (nSPS) is 11.3. The second-order valence-electron chi connectivity index (χ2n) is 4.73. The minimum absolute atomic E-state index is 0.668. The van der Waals surface area contributed by atoms with Crippen molar-refractivity contribution in [2.75, 3.05) is 6.54 Å². The monoisotopic (exact) mass is 327 g/mol. The predicted octanol–water partition coefficient (Wildman–Crippen LogP) is 3.50. The highest BCUT2D eigenvalue weighted by atomic mass is 79.9. The zero-order chi connectivity index (χ0) is 13.0. The van der Waals surface area contributed by atoms with E-state index in [9.17, 15) is 0 Å². The first kappa shape index (κ1) is 13.8. The van der Waals surface area contributed by atoms with Crippen LogP contribution < -0.4 is 5.32 Å². The van der Waals surface area contributed by atoms with Crippen LogP contribution in [0.25, 0.3) is 0 Å². The first-order chi connectivity index (χ1) is 8.65. The lowest BCUT2D eigenvalue weighted by molar-refractivity contribution is 0.533. The SMILES string of the molecule is CC(C)CNCc1nccn1Cc1cc(Br)cs1. The first-order valence-electron chi connectivity index (χ1n) is 6.09. The summed E-state index contributed by atoms with van der Waals surface area (Å²) in [5.41, 5.74) is 0. The van der Waals surface area contributed by atoms with Crippen molar-refractivity contribution in [2.24, 2.45) is 5.92 Å². The topological polar surface area (TPSA) is 29.9 Å². The number of halogens is 1. The van der Waals surface area contributed by atoms with Gasteiger partial charge in [-0.1, -0.05) is 13.8 Å². The molecule has 2 rings (SSSR count). The van der Waals surface area contributed by atoms with Crippen molar-refractivity contribution in [3.63, 3.8) is 0 Å². The molecule has 0 amide bonds. The first-order valence-corrected chi connectivity index (χ1v) is 7.76. The van der Waals surface area contributed by atoms with E-state index < -0.39 is 0 Å². The van der Waals surface area contributed by atoms with Gasteiger partial charge in [-0.05, 0) is 34.5 Å². The number of nitrogens with zero attached hydrogens (tertiary/aromatic N) is 2. The van der Waals surface area contributed by atoms with Crippen molar-refractivity contribution < 1.29 is 0 Å². The van der Waals surface area contributed by atoms with E-state index in [0.29, 0.717) is 5.92 Å². The molecule has 18 heavy (non-hydrogen) atoms. The molecule has 0 spiro atoms. The van der Waals surface area contributed by atoms with Gasteiger partial charge in [0, 0.05) is 27.1 Å². The van der Waals surface area contributed by atoms with Crippen molar-refractivity contribution >= 4 is 27.3 Å². The number of aromatic nitrogens is 2. The molecule has 0 aliphatic carbocycles. The van der Waals surface area contributed by atoms with E-state index in [-0.39, 0.29) is 0 Å². The van der Waals surface area contributed by atoms with Gasteiger partial charge >= 0.3 is 0 Å². The van der Waals surface area contributed by atoms with Crippen LogP contribution >= 0.6 is 27.3 Å². The molecule has 0 aromatic carbocycles. The number of nitrogens with one attached hydrogen (secondary N) is 1. The maximum Gasteiger partial charge on any atom is 0.122 e. The second kappa shape index (κ2) is 6.50. The van der Waals surface area contributed by atoms with Crippen LogP contribution in [0.5, 0.6) is 0 Å². The molecule has 0 saturated carbocycles. The third-order valence-electron chi connectivity index (χ3n) is 2.59. The Labute approximate surface area is 120 Å². The Morgan fingerprint density at radius 3 is 3.00 bits per heavy atom. The molecule has 0 saturated heterocycles. The minimum atomic E-state index is 0.668. The van der Waals surface area contributed by atoms with Crippen LogP contribution in [0.4, 0.5) is 0 Å². The molecule has 2 aromatic rings. The third-order valence-corrected chi connectivity index (χ3v) is 4.27. The Morgan fingerprint density at radius 1 is 1.50 bits per heavy atom. The van der Waals surface area contributed by atoms with Gasteiger partial charge in [0.05, 0.1) is 13.1 Å². The molecule has 5 heteroatoms. The molecule has 2 aromatic heterocycles. The molecule has 2 heterocycles. The maximum absolute atomic E-state index is 4.41. The van der Waals surface area contributed by atoms with Crippen LogP contribution in [0.3, 0.4) is 0 Å². The third kappa shape index (κ3) is 3.93. The quantitative estimate of drug-likeness (QED) is 0.879. The summed E-state index contributed by atoms with van der Waals surface area (Å²) in [5.74, 6) is 1.77. The predicted molar refractivity (Wildman–Crippen MR) is 79.9 cm³/mol. The largest absolute Gasteiger partial charge is 0.329 e. The summed E-state index contributed by atoms with van der Waals surface area (Å²) in [6.07, 6.45) is 3.91. The standard InChI is InChI=1S/C13H18BrN3S/c1-10(2)6-15-7-13-16-3-4-17(13)8-12-5-11(14)9-18-12/h3-5,9-10,15H,6-8H2,1-2H3. The van der Waals surface area contributed by atoms with Crippen LogP contribution in [0.2, 0.25) is 0 Å². The fourth-order valence-electron chi connectivity index (χ4n) is 1.73. The zero-order valence-corrected chi connectivity index (χ0v) is 13.1. The summed E-state index contributed by atoms with van der Waals surface area (Å²) in [6.45, 7) is 7.18. The van der Waals surface area contributed by atoms with Gasteiger partial charge in [0.15, 0.2) is 0 Å². The van der Waals surface area contributed by atoms with E-state index >= 15 is 0 Å². The van der Waals surface area contributed by atoms with Gasteiger partial charge in [-0.3, -0.25) is 0 Å². The van der Waals surface area contributed by atoms with Crippen molar-refractivity contribution in [1.29, 1.82) is 0 Å². The van der Waals surface area contributed by atoms with Crippen LogP contribution in [0, 0.1) is 5.92 Å². The second-order valence-corrected chi connectivity index (χ2v) is 6.64. The van der Waals surface area contributed by atoms with Crippen molar-refractivity contribution in [1.82, 2.24) is 14.9 Å². The average Bonchev–Trinajstić information content (AvgIpc) is 2.89. The lowest BCUT2D eigenvalue weighted by Gasteiger charge is -2.09. The minimum Gasteiger partial charge on any atom is -0.329 e. The number of rotatable bonds is 6. The molecule has 0 unspecified atom stereocenters. The molecular formula is C13H18BrN3S. The number of thiophene rings is 1. The Hall–Kier alpha value is -0.650. The van der Waals surface area contributed by atoms with Gasteiger partial charge in [-0.2, -0.15) is 0 Å². The van der Waals surface area contributed by atoms with E-state index in [1.165, 1.54) is 4.88 Å². The fraction of sp³-hybridized carbons (Fsp3) is 0.462. The smallest absolute Gasteiger partial charge is 0.122 e. The Balaban J connectivity index is 1.95. The fourth-order valence-corrected chi connectivity index (χ4v) is 3.18. The summed E-state index contributed by atoms with van der Waals surface area (Å²) < 4.78 is 3.35. The molecule has 0 aliphatic rings. The number of hydrogen-bond acceptors (Lipinski definition) is 3. The lowest BCUT2D eigenvalue weighted by atomic mass is 10.2. The van der Waals surface area contributed by atoms with Gasteiger partial charge in [0.25, 0.3) is 0 Å². The molecule has 98 valence electrons. The molecule has 0 aliphatic heterocycles. The van der Waals surface area contributed by atoms with E-state index in [1.807, 2.05) is 12.4 Å². The van der Waals surface area contributed by atoms with Crippen molar-refractivity contribution in [3.8, 4) is 0 Å². The van der Waals surface area contributed by atoms with Crippen molar-refractivity contribution in [2.45, 2.75) is 26.9 Å². The van der Waals surface area contributed by atoms with Gasteiger partial charge in [0.1, 0.15) is 5.82 Å². The molecule has 0 bridgehead atoms. The van der Waals surface area contributed by atoms with Crippen LogP contribution in [0.15, 0.2) is 28.3 Å². The number of imidazole rings is 1. The molecular weight excluding hydrogens is 310 g/mol. The van der Waals surface area contributed by atoms with Crippen LogP contribution in [-0.4, -0.2) is 16.1 Å². The molecule has 0 fully saturated rings. The summed E-state index contributed by atoms with van der Waals surface area (Å²) in [7, 11) is 0. The van der Waals surface area contributed by atoms with Crippen molar-refractivity contribution in [3.05, 3.63) is 39.0 Å². The van der Waals surface area contributed by atoms with Gasteiger partial charge < -0.3 is 9.88 Å². The summed E-state index contributed by atoms with van der Waals surface area (Å²) in [5, 5.41) is 5.54. The Kier molecular flexibility index (Phi) is 4.97. The summed E-state index contributed by atoms with van der Waals surface area (Å²) >= 11 is 5.26. The van der Waals surface area contributed by atoms with Gasteiger partial charge in [0.2, 0.25) is 0 Å². The van der Waals surface area contributed by atoms with E-state index in [1.54, 1.807) is 11.3 Å². The molecule has 1 N–H and O–H groups in total.